The standard InChI is InChI=1S/C19H21NO2/c1-16-8-7-12-17(14-16)9-5-6-13-20-19(21)22-15-18-10-3-2-4-11-18/h2-5,7-12,14H,6,13,15H2,1H3,(H,20,21). The fourth-order valence-electron chi connectivity index (χ4n) is 2.02. The van der Waals surface area contributed by atoms with E-state index in [2.05, 4.69) is 36.5 Å². The Bertz CT molecular complexity index is 620. The smallest absolute Gasteiger partial charge is 0.407 e. The molecule has 2 aromatic rings. The Labute approximate surface area is 131 Å². The summed E-state index contributed by atoms with van der Waals surface area (Å²) in [4.78, 5) is 11.5. The lowest BCUT2D eigenvalue weighted by molar-refractivity contribution is 0.140. The summed E-state index contributed by atoms with van der Waals surface area (Å²) in [7, 11) is 0. The maximum absolute atomic E-state index is 11.5. The van der Waals surface area contributed by atoms with Gasteiger partial charge in [0.25, 0.3) is 0 Å². The van der Waals surface area contributed by atoms with Gasteiger partial charge in [-0.2, -0.15) is 0 Å². The molecule has 0 aliphatic heterocycles. The molecule has 1 amide bonds. The van der Waals surface area contributed by atoms with E-state index >= 15 is 0 Å². The Morgan fingerprint density at radius 1 is 1.14 bits per heavy atom. The van der Waals surface area contributed by atoms with Gasteiger partial charge in [0.15, 0.2) is 0 Å². The molecule has 0 spiro atoms. The summed E-state index contributed by atoms with van der Waals surface area (Å²) in [5.74, 6) is 0. The molecular formula is C19H21NO2. The Balaban J connectivity index is 1.63. The number of hydrogen-bond acceptors (Lipinski definition) is 2. The first-order valence-corrected chi connectivity index (χ1v) is 7.42. The molecule has 0 saturated heterocycles. The van der Waals surface area contributed by atoms with Gasteiger partial charge in [0.05, 0.1) is 0 Å². The van der Waals surface area contributed by atoms with Crippen molar-refractivity contribution in [1.82, 2.24) is 5.32 Å². The fraction of sp³-hybridized carbons (Fsp3) is 0.211. The van der Waals surface area contributed by atoms with E-state index in [4.69, 9.17) is 4.74 Å². The van der Waals surface area contributed by atoms with Crippen molar-refractivity contribution in [2.24, 2.45) is 0 Å². The summed E-state index contributed by atoms with van der Waals surface area (Å²) in [5.41, 5.74) is 3.40. The molecule has 0 bridgehead atoms. The number of amides is 1. The summed E-state index contributed by atoms with van der Waals surface area (Å²) in [6.07, 6.45) is 4.50. The molecule has 2 aromatic carbocycles. The molecule has 0 fully saturated rings. The molecule has 114 valence electrons. The van der Waals surface area contributed by atoms with Gasteiger partial charge in [0.1, 0.15) is 6.61 Å². The van der Waals surface area contributed by atoms with E-state index < -0.39 is 0 Å². The van der Waals surface area contributed by atoms with E-state index in [9.17, 15) is 4.79 Å². The zero-order valence-electron chi connectivity index (χ0n) is 12.8. The molecule has 0 aliphatic carbocycles. The van der Waals surface area contributed by atoms with Crippen molar-refractivity contribution in [2.75, 3.05) is 6.54 Å². The Hall–Kier alpha value is -2.55. The fourth-order valence-corrected chi connectivity index (χ4v) is 2.02. The number of alkyl carbamates (subject to hydrolysis) is 1. The lowest BCUT2D eigenvalue weighted by Crippen LogP contribution is -2.24. The number of ether oxygens (including phenoxy) is 1. The average molecular weight is 295 g/mol. The summed E-state index contributed by atoms with van der Waals surface area (Å²) in [5, 5.41) is 2.74. The summed E-state index contributed by atoms with van der Waals surface area (Å²) in [6, 6.07) is 17.9. The van der Waals surface area contributed by atoms with E-state index in [1.807, 2.05) is 42.5 Å². The van der Waals surface area contributed by atoms with Crippen molar-refractivity contribution in [3.63, 3.8) is 0 Å². The number of benzene rings is 2. The summed E-state index contributed by atoms with van der Waals surface area (Å²) >= 11 is 0. The number of carbonyl (C=O) groups is 1. The van der Waals surface area contributed by atoms with Crippen molar-refractivity contribution in [3.8, 4) is 0 Å². The van der Waals surface area contributed by atoms with Crippen LogP contribution in [0.3, 0.4) is 0 Å². The van der Waals surface area contributed by atoms with E-state index in [-0.39, 0.29) is 6.09 Å². The molecule has 1 N–H and O–H groups in total. The quantitative estimate of drug-likeness (QED) is 0.806. The molecule has 3 heteroatoms. The van der Waals surface area contributed by atoms with Gasteiger partial charge in [-0.25, -0.2) is 4.79 Å². The lowest BCUT2D eigenvalue weighted by atomic mass is 10.1. The Morgan fingerprint density at radius 3 is 2.73 bits per heavy atom. The van der Waals surface area contributed by atoms with Crippen LogP contribution < -0.4 is 5.32 Å². The molecule has 0 atom stereocenters. The third-order valence-electron chi connectivity index (χ3n) is 3.15. The molecule has 0 aromatic heterocycles. The average Bonchev–Trinajstić information content (AvgIpc) is 2.54. The minimum absolute atomic E-state index is 0.297. The highest BCUT2D eigenvalue weighted by Gasteiger charge is 2.00. The van der Waals surface area contributed by atoms with Gasteiger partial charge in [-0.3, -0.25) is 0 Å². The van der Waals surface area contributed by atoms with Crippen molar-refractivity contribution >= 4 is 12.2 Å². The van der Waals surface area contributed by atoms with E-state index in [0.717, 1.165) is 12.0 Å². The number of hydrogen-bond donors (Lipinski definition) is 1. The summed E-state index contributed by atoms with van der Waals surface area (Å²) < 4.78 is 5.13. The number of carbonyl (C=O) groups excluding carboxylic acids is 1. The van der Waals surface area contributed by atoms with Gasteiger partial charge < -0.3 is 10.1 Å². The number of nitrogens with one attached hydrogen (secondary N) is 1. The molecule has 2 rings (SSSR count). The zero-order valence-corrected chi connectivity index (χ0v) is 12.8. The van der Waals surface area contributed by atoms with Crippen molar-refractivity contribution in [1.29, 1.82) is 0 Å². The van der Waals surface area contributed by atoms with Crippen molar-refractivity contribution in [2.45, 2.75) is 20.0 Å². The molecule has 0 unspecified atom stereocenters. The van der Waals surface area contributed by atoms with Crippen molar-refractivity contribution < 1.29 is 9.53 Å². The van der Waals surface area contributed by atoms with Crippen molar-refractivity contribution in [3.05, 3.63) is 77.4 Å². The second-order valence-electron chi connectivity index (χ2n) is 5.09. The van der Waals surface area contributed by atoms with Crippen LogP contribution in [0.5, 0.6) is 0 Å². The first kappa shape index (κ1) is 15.8. The van der Waals surface area contributed by atoms with Crippen LogP contribution in [0.2, 0.25) is 0 Å². The summed E-state index contributed by atoms with van der Waals surface area (Å²) in [6.45, 7) is 2.93. The number of aryl methyl sites for hydroxylation is 1. The molecule has 3 nitrogen and oxygen atoms in total. The largest absolute Gasteiger partial charge is 0.445 e. The maximum atomic E-state index is 11.5. The van der Waals surface area contributed by atoms with Crippen LogP contribution in [-0.2, 0) is 11.3 Å². The van der Waals surface area contributed by atoms with Gasteiger partial charge in [0.2, 0.25) is 0 Å². The molecule has 0 heterocycles. The first-order valence-electron chi connectivity index (χ1n) is 7.42. The monoisotopic (exact) mass is 295 g/mol. The highest BCUT2D eigenvalue weighted by atomic mass is 16.5. The molecule has 22 heavy (non-hydrogen) atoms. The highest BCUT2D eigenvalue weighted by Crippen LogP contribution is 2.06. The van der Waals surface area contributed by atoms with Crippen LogP contribution in [0.4, 0.5) is 4.79 Å². The zero-order chi connectivity index (χ0) is 15.6. The highest BCUT2D eigenvalue weighted by molar-refractivity contribution is 5.67. The van der Waals surface area contributed by atoms with Crippen LogP contribution in [0, 0.1) is 6.92 Å². The van der Waals surface area contributed by atoms with Gasteiger partial charge >= 0.3 is 6.09 Å². The van der Waals surface area contributed by atoms with Gasteiger partial charge in [-0.05, 0) is 24.5 Å². The molecule has 0 saturated carbocycles. The van der Waals surface area contributed by atoms with Crippen LogP contribution >= 0.6 is 0 Å². The van der Waals surface area contributed by atoms with Gasteiger partial charge in [-0.1, -0.05) is 72.3 Å². The predicted molar refractivity (Wildman–Crippen MR) is 89.5 cm³/mol. The normalized spacial score (nSPS) is 10.6. The van der Waals surface area contributed by atoms with Crippen LogP contribution in [-0.4, -0.2) is 12.6 Å². The minimum atomic E-state index is -0.382. The first-order chi connectivity index (χ1) is 10.7. The molecular weight excluding hydrogens is 274 g/mol. The molecule has 0 aliphatic rings. The van der Waals surface area contributed by atoms with E-state index in [0.29, 0.717) is 13.2 Å². The maximum Gasteiger partial charge on any atom is 0.407 e. The predicted octanol–water partition coefficient (Wildman–Crippen LogP) is 4.32. The topological polar surface area (TPSA) is 38.3 Å². The molecule has 0 radical (unpaired) electrons. The third kappa shape index (κ3) is 5.83. The SMILES string of the molecule is Cc1cccc(C=CCCNC(=O)OCc2ccccc2)c1. The Kier molecular flexibility index (Phi) is 6.24. The van der Waals surface area contributed by atoms with Crippen LogP contribution in [0.15, 0.2) is 60.7 Å². The van der Waals surface area contributed by atoms with Crippen LogP contribution in [0.25, 0.3) is 6.08 Å². The Morgan fingerprint density at radius 2 is 1.95 bits per heavy atom. The van der Waals surface area contributed by atoms with E-state index in [1.165, 1.54) is 11.1 Å². The van der Waals surface area contributed by atoms with Gasteiger partial charge in [0, 0.05) is 6.54 Å². The van der Waals surface area contributed by atoms with Crippen LogP contribution in [0.1, 0.15) is 23.1 Å². The third-order valence-corrected chi connectivity index (χ3v) is 3.15. The lowest BCUT2D eigenvalue weighted by Gasteiger charge is -2.05. The van der Waals surface area contributed by atoms with Gasteiger partial charge in [-0.15, -0.1) is 0 Å². The second kappa shape index (κ2) is 8.67. The van der Waals surface area contributed by atoms with E-state index in [1.54, 1.807) is 0 Å². The second-order valence-corrected chi connectivity index (χ2v) is 5.09. The number of rotatable bonds is 6. The minimum Gasteiger partial charge on any atom is -0.445 e.